The quantitative estimate of drug-likeness (QED) is 0.894. The molecule has 1 fully saturated rings. The number of hydrazine groups is 1. The molecule has 0 bridgehead atoms. The van der Waals surface area contributed by atoms with Gasteiger partial charge >= 0.3 is 5.91 Å². The number of carbonyl (C=O) groups is 1. The Morgan fingerprint density at radius 2 is 2.11 bits per heavy atom. The van der Waals surface area contributed by atoms with Crippen LogP contribution in [0.15, 0.2) is 28.7 Å². The van der Waals surface area contributed by atoms with Gasteiger partial charge in [0.25, 0.3) is 0 Å². The van der Waals surface area contributed by atoms with Crippen molar-refractivity contribution in [3.63, 3.8) is 0 Å². The smallest absolute Gasteiger partial charge is 0.301 e. The minimum Gasteiger partial charge on any atom is -0.448 e. The van der Waals surface area contributed by atoms with Crippen LogP contribution < -0.4 is 5.43 Å². The lowest BCUT2D eigenvalue weighted by Gasteiger charge is -2.26. The molecule has 2 heterocycles. The van der Waals surface area contributed by atoms with Crippen LogP contribution in [0, 0.1) is 5.82 Å². The van der Waals surface area contributed by atoms with Crippen molar-refractivity contribution in [2.75, 3.05) is 26.3 Å². The predicted molar refractivity (Wildman–Crippen MR) is 66.0 cm³/mol. The molecule has 0 atom stereocenters. The van der Waals surface area contributed by atoms with E-state index in [2.05, 4.69) is 5.43 Å². The molecule has 1 saturated heterocycles. The van der Waals surface area contributed by atoms with E-state index in [1.807, 2.05) is 0 Å². The maximum absolute atomic E-state index is 13.5. The Morgan fingerprint density at radius 3 is 2.84 bits per heavy atom. The second-order valence-corrected chi connectivity index (χ2v) is 4.31. The summed E-state index contributed by atoms with van der Waals surface area (Å²) in [5.74, 6) is -0.744. The van der Waals surface area contributed by atoms with E-state index in [0.29, 0.717) is 31.7 Å². The first-order valence-corrected chi connectivity index (χ1v) is 6.06. The topological polar surface area (TPSA) is 54.7 Å². The number of hydrogen-bond acceptors (Lipinski definition) is 4. The van der Waals surface area contributed by atoms with E-state index in [0.717, 1.165) is 0 Å². The lowest BCUT2D eigenvalue weighted by Crippen LogP contribution is -2.48. The molecule has 0 radical (unpaired) electrons. The van der Waals surface area contributed by atoms with Crippen LogP contribution in [0.25, 0.3) is 11.0 Å². The van der Waals surface area contributed by atoms with Crippen molar-refractivity contribution in [3.05, 3.63) is 35.8 Å². The van der Waals surface area contributed by atoms with E-state index >= 15 is 0 Å². The number of para-hydroxylation sites is 1. The van der Waals surface area contributed by atoms with Crippen molar-refractivity contribution in [3.8, 4) is 0 Å². The maximum Gasteiger partial charge on any atom is 0.301 e. The fourth-order valence-electron chi connectivity index (χ4n) is 2.01. The highest BCUT2D eigenvalue weighted by atomic mass is 19.1. The molecule has 2 aromatic rings. The zero-order valence-corrected chi connectivity index (χ0v) is 10.2. The van der Waals surface area contributed by atoms with Crippen LogP contribution in [0.3, 0.4) is 0 Å². The van der Waals surface area contributed by atoms with Gasteiger partial charge in [-0.15, -0.1) is 0 Å². The number of ether oxygens (including phenoxy) is 1. The molecule has 1 aromatic heterocycles. The third kappa shape index (κ3) is 2.45. The van der Waals surface area contributed by atoms with E-state index < -0.39 is 5.82 Å². The van der Waals surface area contributed by atoms with E-state index in [9.17, 15) is 9.18 Å². The second kappa shape index (κ2) is 4.99. The number of fused-ring (bicyclic) bond motifs is 1. The Kier molecular flexibility index (Phi) is 3.18. The lowest BCUT2D eigenvalue weighted by atomic mass is 10.2. The van der Waals surface area contributed by atoms with Gasteiger partial charge in [0.05, 0.1) is 13.2 Å². The molecule has 6 heteroatoms. The standard InChI is InChI=1S/C13H13FN2O3/c14-10-3-1-2-9-8-11(19-12(9)10)13(17)15-16-4-6-18-7-5-16/h1-3,8H,4-7H2,(H,15,17). The summed E-state index contributed by atoms with van der Waals surface area (Å²) in [7, 11) is 0. The van der Waals surface area contributed by atoms with Crippen molar-refractivity contribution < 1.29 is 18.3 Å². The third-order valence-corrected chi connectivity index (χ3v) is 2.99. The van der Waals surface area contributed by atoms with Gasteiger partial charge in [-0.2, -0.15) is 0 Å². The highest BCUT2D eigenvalue weighted by Crippen LogP contribution is 2.21. The second-order valence-electron chi connectivity index (χ2n) is 4.31. The number of halogens is 1. The van der Waals surface area contributed by atoms with Crippen LogP contribution in [-0.2, 0) is 4.74 Å². The molecule has 1 amide bonds. The van der Waals surface area contributed by atoms with Gasteiger partial charge in [0.1, 0.15) is 0 Å². The van der Waals surface area contributed by atoms with E-state index in [-0.39, 0.29) is 17.3 Å². The van der Waals surface area contributed by atoms with E-state index in [1.165, 1.54) is 12.1 Å². The Hall–Kier alpha value is -1.92. The number of carbonyl (C=O) groups excluding carboxylic acids is 1. The summed E-state index contributed by atoms with van der Waals surface area (Å²) in [6.45, 7) is 2.41. The van der Waals surface area contributed by atoms with Crippen LogP contribution in [0.2, 0.25) is 0 Å². The molecule has 3 rings (SSSR count). The fraction of sp³-hybridized carbons (Fsp3) is 0.308. The number of amides is 1. The Balaban J connectivity index is 1.79. The van der Waals surface area contributed by atoms with Crippen molar-refractivity contribution in [2.45, 2.75) is 0 Å². The summed E-state index contributed by atoms with van der Waals surface area (Å²) in [4.78, 5) is 12.0. The Morgan fingerprint density at radius 1 is 1.32 bits per heavy atom. The third-order valence-electron chi connectivity index (χ3n) is 2.99. The van der Waals surface area contributed by atoms with Gasteiger partial charge in [0, 0.05) is 18.5 Å². The molecule has 5 nitrogen and oxygen atoms in total. The van der Waals surface area contributed by atoms with Crippen LogP contribution in [0.4, 0.5) is 4.39 Å². The summed E-state index contributed by atoms with van der Waals surface area (Å²) in [6, 6.07) is 6.12. The first kappa shape index (κ1) is 12.1. The fourth-order valence-corrected chi connectivity index (χ4v) is 2.01. The monoisotopic (exact) mass is 264 g/mol. The van der Waals surface area contributed by atoms with Crippen LogP contribution in [0.5, 0.6) is 0 Å². The molecule has 1 N–H and O–H groups in total. The van der Waals surface area contributed by atoms with Gasteiger partial charge < -0.3 is 9.15 Å². The summed E-state index contributed by atoms with van der Waals surface area (Å²) >= 11 is 0. The van der Waals surface area contributed by atoms with Crippen LogP contribution in [0.1, 0.15) is 10.6 Å². The zero-order valence-electron chi connectivity index (χ0n) is 10.2. The average Bonchev–Trinajstić information content (AvgIpc) is 2.85. The van der Waals surface area contributed by atoms with E-state index in [4.69, 9.17) is 9.15 Å². The minimum atomic E-state index is -0.470. The van der Waals surface area contributed by atoms with Gasteiger partial charge in [0.15, 0.2) is 17.2 Å². The lowest BCUT2D eigenvalue weighted by molar-refractivity contribution is 0.0118. The van der Waals surface area contributed by atoms with Crippen molar-refractivity contribution >= 4 is 16.9 Å². The van der Waals surface area contributed by atoms with Crippen molar-refractivity contribution in [1.82, 2.24) is 10.4 Å². The summed E-state index contributed by atoms with van der Waals surface area (Å²) < 4.78 is 23.9. The number of benzene rings is 1. The van der Waals surface area contributed by atoms with Gasteiger partial charge in [-0.3, -0.25) is 10.2 Å². The average molecular weight is 264 g/mol. The SMILES string of the molecule is O=C(NN1CCOCC1)c1cc2cccc(F)c2o1. The normalized spacial score (nSPS) is 16.7. The Bertz CT molecular complexity index is 605. The first-order chi connectivity index (χ1) is 9.24. The molecule has 19 heavy (non-hydrogen) atoms. The van der Waals surface area contributed by atoms with Gasteiger partial charge in [0.2, 0.25) is 0 Å². The van der Waals surface area contributed by atoms with Gasteiger partial charge in [-0.25, -0.2) is 9.40 Å². The predicted octanol–water partition coefficient (Wildman–Crippen LogP) is 1.55. The van der Waals surface area contributed by atoms with E-state index in [1.54, 1.807) is 17.1 Å². The molecule has 1 aliphatic heterocycles. The summed E-state index contributed by atoms with van der Waals surface area (Å²) in [5.41, 5.74) is 2.82. The Labute approximate surface area is 108 Å². The highest BCUT2D eigenvalue weighted by molar-refractivity contribution is 5.95. The molecule has 0 spiro atoms. The van der Waals surface area contributed by atoms with Gasteiger partial charge in [-0.05, 0) is 12.1 Å². The number of morpholine rings is 1. The highest BCUT2D eigenvalue weighted by Gasteiger charge is 2.18. The number of nitrogens with one attached hydrogen (secondary N) is 1. The van der Waals surface area contributed by atoms with Crippen LogP contribution >= 0.6 is 0 Å². The van der Waals surface area contributed by atoms with Crippen molar-refractivity contribution in [1.29, 1.82) is 0 Å². The first-order valence-electron chi connectivity index (χ1n) is 6.06. The molecule has 0 unspecified atom stereocenters. The number of nitrogens with zero attached hydrogens (tertiary/aromatic N) is 1. The maximum atomic E-state index is 13.5. The van der Waals surface area contributed by atoms with Gasteiger partial charge in [-0.1, -0.05) is 12.1 Å². The minimum absolute atomic E-state index is 0.103. The summed E-state index contributed by atoms with van der Waals surface area (Å²) in [5, 5.41) is 2.34. The molecule has 1 aromatic carbocycles. The zero-order chi connectivity index (χ0) is 13.2. The molecule has 0 aliphatic carbocycles. The summed E-state index contributed by atoms with van der Waals surface area (Å²) in [6.07, 6.45) is 0. The number of furan rings is 1. The molecule has 100 valence electrons. The molecule has 1 aliphatic rings. The number of rotatable bonds is 2. The molecule has 0 saturated carbocycles. The molecular weight excluding hydrogens is 251 g/mol. The number of hydrogen-bond donors (Lipinski definition) is 1. The van der Waals surface area contributed by atoms with Crippen molar-refractivity contribution in [2.24, 2.45) is 0 Å². The molecular formula is C13H13FN2O3. The largest absolute Gasteiger partial charge is 0.448 e. The van der Waals surface area contributed by atoms with Crippen LogP contribution in [-0.4, -0.2) is 37.2 Å².